The van der Waals surface area contributed by atoms with Crippen LogP contribution in [0, 0.1) is 17.2 Å². The number of amides is 2. The summed E-state index contributed by atoms with van der Waals surface area (Å²) in [7, 11) is 0. The van der Waals surface area contributed by atoms with Gasteiger partial charge in [-0.3, -0.25) is 9.59 Å². The predicted octanol–water partition coefficient (Wildman–Crippen LogP) is -0.459. The van der Waals surface area contributed by atoms with Crippen LogP contribution in [-0.4, -0.2) is 24.4 Å². The number of nitriles is 1. The molecule has 2 N–H and O–H groups in total. The Hall–Kier alpha value is -1.57. The maximum absolute atomic E-state index is 11.1. The first-order chi connectivity index (χ1) is 6.69. The molecule has 0 aromatic carbocycles. The molecule has 1 fully saturated rings. The number of hydrogen-bond acceptors (Lipinski definition) is 3. The molecule has 5 nitrogen and oxygen atoms in total. The van der Waals surface area contributed by atoms with Gasteiger partial charge < -0.3 is 10.6 Å². The van der Waals surface area contributed by atoms with Crippen LogP contribution in [0.25, 0.3) is 0 Å². The topological polar surface area (TPSA) is 82.0 Å². The largest absolute Gasteiger partial charge is 0.345 e. The number of hydrogen-bond donors (Lipinski definition) is 2. The Labute approximate surface area is 82.5 Å². The molecule has 2 amide bonds. The molecule has 1 aliphatic rings. The zero-order chi connectivity index (χ0) is 10.6. The molecular weight excluding hydrogens is 182 g/mol. The van der Waals surface area contributed by atoms with Crippen LogP contribution < -0.4 is 10.6 Å². The Kier molecular flexibility index (Phi) is 3.46. The maximum atomic E-state index is 11.1. The molecule has 1 rings (SSSR count). The first-order valence-corrected chi connectivity index (χ1v) is 4.64. The summed E-state index contributed by atoms with van der Waals surface area (Å²) in [4.78, 5) is 22.1. The minimum atomic E-state index is -0.728. The summed E-state index contributed by atoms with van der Waals surface area (Å²) in [6, 6.07) is 1.88. The molecule has 1 saturated carbocycles. The van der Waals surface area contributed by atoms with Gasteiger partial charge in [-0.2, -0.15) is 5.26 Å². The second-order valence-electron chi connectivity index (χ2n) is 3.32. The highest BCUT2D eigenvalue weighted by atomic mass is 16.2. The van der Waals surface area contributed by atoms with Crippen LogP contribution >= 0.6 is 0 Å². The van der Waals surface area contributed by atoms with Gasteiger partial charge in [0.05, 0.1) is 6.07 Å². The average molecular weight is 195 g/mol. The van der Waals surface area contributed by atoms with Crippen molar-refractivity contribution in [3.8, 4) is 6.07 Å². The summed E-state index contributed by atoms with van der Waals surface area (Å²) in [5, 5.41) is 13.0. The van der Waals surface area contributed by atoms with Crippen LogP contribution in [0.2, 0.25) is 0 Å². The van der Waals surface area contributed by atoms with E-state index in [0.29, 0.717) is 5.92 Å². The molecule has 5 heteroatoms. The van der Waals surface area contributed by atoms with Crippen molar-refractivity contribution in [1.82, 2.24) is 10.6 Å². The van der Waals surface area contributed by atoms with E-state index in [4.69, 9.17) is 5.26 Å². The summed E-state index contributed by atoms with van der Waals surface area (Å²) < 4.78 is 0. The van der Waals surface area contributed by atoms with Gasteiger partial charge in [0.2, 0.25) is 0 Å². The predicted molar refractivity (Wildman–Crippen MR) is 49.0 cm³/mol. The van der Waals surface area contributed by atoms with Crippen molar-refractivity contribution in [2.75, 3.05) is 6.54 Å². The highest BCUT2D eigenvalue weighted by molar-refractivity contribution is 6.35. The van der Waals surface area contributed by atoms with Gasteiger partial charge in [0, 0.05) is 6.04 Å². The number of carbonyl (C=O) groups is 2. The number of nitrogens with zero attached hydrogens (tertiary/aromatic N) is 1. The highest BCUT2D eigenvalue weighted by Gasteiger charge is 2.37. The Balaban J connectivity index is 2.22. The van der Waals surface area contributed by atoms with Crippen LogP contribution in [0.4, 0.5) is 0 Å². The number of nitrogens with one attached hydrogen (secondary N) is 2. The van der Waals surface area contributed by atoms with Gasteiger partial charge in [-0.1, -0.05) is 13.3 Å². The van der Waals surface area contributed by atoms with Gasteiger partial charge in [-0.25, -0.2) is 0 Å². The smallest absolute Gasteiger partial charge is 0.310 e. The normalized spacial score (nSPS) is 23.4. The van der Waals surface area contributed by atoms with Crippen molar-refractivity contribution in [3.63, 3.8) is 0 Å². The third-order valence-electron chi connectivity index (χ3n) is 2.30. The molecule has 0 aromatic heterocycles. The van der Waals surface area contributed by atoms with Gasteiger partial charge in [0.25, 0.3) is 0 Å². The minimum Gasteiger partial charge on any atom is -0.345 e. The fourth-order valence-electron chi connectivity index (χ4n) is 1.31. The average Bonchev–Trinajstić information content (AvgIpc) is 2.92. The van der Waals surface area contributed by atoms with Crippen molar-refractivity contribution >= 4 is 11.8 Å². The van der Waals surface area contributed by atoms with Gasteiger partial charge in [0.1, 0.15) is 6.54 Å². The Morgan fingerprint density at radius 3 is 2.71 bits per heavy atom. The zero-order valence-electron chi connectivity index (χ0n) is 8.04. The van der Waals surface area contributed by atoms with Gasteiger partial charge in [-0.15, -0.1) is 0 Å². The highest BCUT2D eigenvalue weighted by Crippen LogP contribution is 2.32. The minimum absolute atomic E-state index is 0.131. The quantitative estimate of drug-likeness (QED) is 0.472. The Morgan fingerprint density at radius 1 is 1.50 bits per heavy atom. The molecule has 0 radical (unpaired) electrons. The fourth-order valence-corrected chi connectivity index (χ4v) is 1.31. The summed E-state index contributed by atoms with van der Waals surface area (Å²) in [6.45, 7) is 1.92. The van der Waals surface area contributed by atoms with Gasteiger partial charge >= 0.3 is 11.8 Å². The molecule has 2 atom stereocenters. The first-order valence-electron chi connectivity index (χ1n) is 4.64. The maximum Gasteiger partial charge on any atom is 0.310 e. The summed E-state index contributed by atoms with van der Waals surface area (Å²) >= 11 is 0. The van der Waals surface area contributed by atoms with Gasteiger partial charge in [-0.05, 0) is 12.3 Å². The SMILES string of the molecule is CCC1CC1NC(=O)C(=O)NCC#N. The number of carbonyl (C=O) groups excluding carboxylic acids is 2. The van der Waals surface area contributed by atoms with E-state index in [1.54, 1.807) is 6.07 Å². The second kappa shape index (κ2) is 4.61. The summed E-state index contributed by atoms with van der Waals surface area (Å²) in [5.74, 6) is -0.850. The standard InChI is InChI=1S/C9H13N3O2/c1-2-6-5-7(6)12-9(14)8(13)11-4-3-10/h6-7H,2,4-5H2,1H3,(H,11,13)(H,12,14). The molecule has 0 spiro atoms. The number of rotatable bonds is 3. The lowest BCUT2D eigenvalue weighted by molar-refractivity contribution is -0.139. The summed E-state index contributed by atoms with van der Waals surface area (Å²) in [6.07, 6.45) is 1.97. The molecule has 0 heterocycles. The third-order valence-corrected chi connectivity index (χ3v) is 2.30. The third kappa shape index (κ3) is 2.73. The van der Waals surface area contributed by atoms with E-state index in [1.807, 2.05) is 6.92 Å². The first kappa shape index (κ1) is 10.5. The van der Waals surface area contributed by atoms with E-state index in [0.717, 1.165) is 12.8 Å². The van der Waals surface area contributed by atoms with Gasteiger partial charge in [0.15, 0.2) is 0 Å². The van der Waals surface area contributed by atoms with Crippen LogP contribution in [0.3, 0.4) is 0 Å². The lowest BCUT2D eigenvalue weighted by atomic mass is 10.3. The van der Waals surface area contributed by atoms with Crippen LogP contribution in [0.1, 0.15) is 19.8 Å². The molecule has 0 bridgehead atoms. The molecule has 2 unspecified atom stereocenters. The monoisotopic (exact) mass is 195 g/mol. The fraction of sp³-hybridized carbons (Fsp3) is 0.667. The van der Waals surface area contributed by atoms with E-state index < -0.39 is 11.8 Å². The van der Waals surface area contributed by atoms with E-state index in [-0.39, 0.29) is 12.6 Å². The van der Waals surface area contributed by atoms with Crippen LogP contribution in [0.5, 0.6) is 0 Å². The molecule has 0 aromatic rings. The zero-order valence-corrected chi connectivity index (χ0v) is 8.04. The molecule has 0 saturated heterocycles. The second-order valence-corrected chi connectivity index (χ2v) is 3.32. The summed E-state index contributed by atoms with van der Waals surface area (Å²) in [5.41, 5.74) is 0. The van der Waals surface area contributed by atoms with E-state index >= 15 is 0 Å². The molecule has 1 aliphatic carbocycles. The van der Waals surface area contributed by atoms with Crippen LogP contribution in [0.15, 0.2) is 0 Å². The van der Waals surface area contributed by atoms with Crippen molar-refractivity contribution in [1.29, 1.82) is 5.26 Å². The van der Waals surface area contributed by atoms with Crippen LogP contribution in [-0.2, 0) is 9.59 Å². The lowest BCUT2D eigenvalue weighted by Gasteiger charge is -2.02. The van der Waals surface area contributed by atoms with Crippen molar-refractivity contribution in [3.05, 3.63) is 0 Å². The molecule has 14 heavy (non-hydrogen) atoms. The van der Waals surface area contributed by atoms with Crippen molar-refractivity contribution in [2.24, 2.45) is 5.92 Å². The van der Waals surface area contributed by atoms with E-state index in [9.17, 15) is 9.59 Å². The Morgan fingerprint density at radius 2 is 2.21 bits per heavy atom. The van der Waals surface area contributed by atoms with E-state index in [2.05, 4.69) is 10.6 Å². The molecule has 0 aliphatic heterocycles. The van der Waals surface area contributed by atoms with Crippen molar-refractivity contribution < 1.29 is 9.59 Å². The molecular formula is C9H13N3O2. The Bertz CT molecular complexity index is 282. The molecule has 76 valence electrons. The lowest BCUT2D eigenvalue weighted by Crippen LogP contribution is -2.41. The van der Waals surface area contributed by atoms with E-state index in [1.165, 1.54) is 0 Å². The van der Waals surface area contributed by atoms with Crippen molar-refractivity contribution in [2.45, 2.75) is 25.8 Å².